The molecule has 0 aliphatic heterocycles. The molecule has 3 aromatic rings. The largest absolute Gasteiger partial charge is 0.465 e. The standard InChI is InChI=1S/C16H13NO3S2/c1-20-16(19)14-11-6-2-3-7-12(11)22-15(14)17-13(18)9-10-5-4-8-21-10/h2-8H,9H2,1H3,(H,17,18). The number of fused-ring (bicyclic) bond motifs is 1. The van der Waals surface area contributed by atoms with Gasteiger partial charge >= 0.3 is 5.97 Å². The topological polar surface area (TPSA) is 55.4 Å². The predicted octanol–water partition coefficient (Wildman–Crippen LogP) is 3.93. The van der Waals surface area contributed by atoms with E-state index in [2.05, 4.69) is 5.32 Å². The number of rotatable bonds is 4. The molecule has 0 spiro atoms. The molecule has 0 radical (unpaired) electrons. The van der Waals surface area contributed by atoms with Crippen molar-refractivity contribution in [2.24, 2.45) is 0 Å². The fourth-order valence-electron chi connectivity index (χ4n) is 2.18. The van der Waals surface area contributed by atoms with Crippen LogP contribution in [0.1, 0.15) is 15.2 Å². The number of nitrogens with one attached hydrogen (secondary N) is 1. The minimum absolute atomic E-state index is 0.140. The van der Waals surface area contributed by atoms with Crippen LogP contribution in [0.3, 0.4) is 0 Å². The van der Waals surface area contributed by atoms with E-state index in [4.69, 9.17) is 4.74 Å². The lowest BCUT2D eigenvalue weighted by Gasteiger charge is -2.05. The Morgan fingerprint density at radius 3 is 2.73 bits per heavy atom. The molecule has 0 saturated heterocycles. The first kappa shape index (κ1) is 14.7. The third-order valence-electron chi connectivity index (χ3n) is 3.15. The molecule has 0 aliphatic carbocycles. The zero-order valence-electron chi connectivity index (χ0n) is 11.8. The summed E-state index contributed by atoms with van der Waals surface area (Å²) in [6.45, 7) is 0. The van der Waals surface area contributed by atoms with Crippen LogP contribution in [0, 0.1) is 0 Å². The van der Waals surface area contributed by atoms with Gasteiger partial charge in [-0.25, -0.2) is 4.79 Å². The molecule has 3 rings (SSSR count). The summed E-state index contributed by atoms with van der Waals surface area (Å²) < 4.78 is 5.79. The molecule has 4 nitrogen and oxygen atoms in total. The summed E-state index contributed by atoms with van der Waals surface area (Å²) in [4.78, 5) is 25.2. The van der Waals surface area contributed by atoms with E-state index in [1.54, 1.807) is 0 Å². The Balaban J connectivity index is 1.92. The highest BCUT2D eigenvalue weighted by molar-refractivity contribution is 7.23. The van der Waals surface area contributed by atoms with Gasteiger partial charge in [0.05, 0.1) is 13.5 Å². The second kappa shape index (κ2) is 6.29. The van der Waals surface area contributed by atoms with Gasteiger partial charge in [-0.1, -0.05) is 24.3 Å². The van der Waals surface area contributed by atoms with Gasteiger partial charge in [-0.05, 0) is 17.5 Å². The normalized spacial score (nSPS) is 10.6. The average molecular weight is 331 g/mol. The van der Waals surface area contributed by atoms with Crippen LogP contribution in [0.15, 0.2) is 41.8 Å². The van der Waals surface area contributed by atoms with Gasteiger partial charge in [0.2, 0.25) is 5.91 Å². The Kier molecular flexibility index (Phi) is 4.22. The number of anilines is 1. The monoisotopic (exact) mass is 331 g/mol. The van der Waals surface area contributed by atoms with Crippen LogP contribution in [-0.2, 0) is 16.0 Å². The summed E-state index contributed by atoms with van der Waals surface area (Å²) in [5, 5.41) is 6.11. The highest BCUT2D eigenvalue weighted by atomic mass is 32.1. The van der Waals surface area contributed by atoms with Gasteiger partial charge in [0.25, 0.3) is 0 Å². The van der Waals surface area contributed by atoms with Gasteiger partial charge < -0.3 is 10.1 Å². The Morgan fingerprint density at radius 2 is 2.00 bits per heavy atom. The number of amides is 1. The van der Waals surface area contributed by atoms with Crippen molar-refractivity contribution in [1.29, 1.82) is 0 Å². The van der Waals surface area contributed by atoms with E-state index in [9.17, 15) is 9.59 Å². The molecule has 22 heavy (non-hydrogen) atoms. The van der Waals surface area contributed by atoms with Gasteiger partial charge in [0.15, 0.2) is 0 Å². The number of carbonyl (C=O) groups excluding carboxylic acids is 2. The molecule has 6 heteroatoms. The zero-order valence-corrected chi connectivity index (χ0v) is 13.4. The maximum atomic E-state index is 12.2. The van der Waals surface area contributed by atoms with Gasteiger partial charge in [-0.3, -0.25) is 4.79 Å². The molecule has 1 N–H and O–H groups in total. The Morgan fingerprint density at radius 1 is 1.18 bits per heavy atom. The van der Waals surface area contributed by atoms with Crippen molar-refractivity contribution in [3.05, 3.63) is 52.2 Å². The summed E-state index contributed by atoms with van der Waals surface area (Å²) in [6, 6.07) is 11.4. The molecule has 0 saturated carbocycles. The number of hydrogen-bond acceptors (Lipinski definition) is 5. The first-order chi connectivity index (χ1) is 10.7. The van der Waals surface area contributed by atoms with Crippen LogP contribution in [0.25, 0.3) is 10.1 Å². The first-order valence-electron chi connectivity index (χ1n) is 6.61. The molecule has 0 fully saturated rings. The van der Waals surface area contributed by atoms with E-state index in [1.807, 2.05) is 41.8 Å². The highest BCUT2D eigenvalue weighted by Gasteiger charge is 2.21. The third-order valence-corrected chi connectivity index (χ3v) is 5.12. The molecule has 1 aromatic carbocycles. The van der Waals surface area contributed by atoms with Gasteiger partial charge in [-0.2, -0.15) is 0 Å². The van der Waals surface area contributed by atoms with E-state index in [-0.39, 0.29) is 5.91 Å². The predicted molar refractivity (Wildman–Crippen MR) is 89.8 cm³/mol. The average Bonchev–Trinajstić information content (AvgIpc) is 3.13. The van der Waals surface area contributed by atoms with E-state index in [0.717, 1.165) is 15.0 Å². The molecule has 0 atom stereocenters. The first-order valence-corrected chi connectivity index (χ1v) is 8.30. The third kappa shape index (κ3) is 2.88. The van der Waals surface area contributed by atoms with Crippen molar-refractivity contribution >= 4 is 49.6 Å². The number of thiophene rings is 2. The van der Waals surface area contributed by atoms with Crippen LogP contribution in [-0.4, -0.2) is 19.0 Å². The SMILES string of the molecule is COC(=O)c1c(NC(=O)Cc2cccs2)sc2ccccc12. The summed E-state index contributed by atoms with van der Waals surface area (Å²) in [7, 11) is 1.34. The number of carbonyl (C=O) groups is 2. The van der Waals surface area contributed by atoms with Gasteiger partial charge in [0.1, 0.15) is 10.6 Å². The number of benzene rings is 1. The molecule has 112 valence electrons. The minimum Gasteiger partial charge on any atom is -0.465 e. The van der Waals surface area contributed by atoms with E-state index in [1.165, 1.54) is 29.8 Å². The van der Waals surface area contributed by atoms with Crippen molar-refractivity contribution < 1.29 is 14.3 Å². The van der Waals surface area contributed by atoms with Gasteiger partial charge in [0, 0.05) is 15.0 Å². The van der Waals surface area contributed by atoms with Crippen molar-refractivity contribution in [1.82, 2.24) is 0 Å². The number of esters is 1. The van der Waals surface area contributed by atoms with Gasteiger partial charge in [-0.15, -0.1) is 22.7 Å². The molecule has 0 unspecified atom stereocenters. The van der Waals surface area contributed by atoms with E-state index in [0.29, 0.717) is 17.0 Å². The summed E-state index contributed by atoms with van der Waals surface area (Å²) in [6.07, 6.45) is 0.298. The van der Waals surface area contributed by atoms with Crippen LogP contribution >= 0.6 is 22.7 Å². The Bertz CT molecular complexity index is 821. The number of methoxy groups -OCH3 is 1. The molecule has 2 aromatic heterocycles. The Hall–Kier alpha value is -2.18. The summed E-state index contributed by atoms with van der Waals surface area (Å²) >= 11 is 2.91. The second-order valence-corrected chi connectivity index (χ2v) is 6.68. The van der Waals surface area contributed by atoms with Crippen LogP contribution in [0.2, 0.25) is 0 Å². The van der Waals surface area contributed by atoms with Crippen LogP contribution < -0.4 is 5.32 Å². The number of ether oxygens (including phenoxy) is 1. The molecule has 1 amide bonds. The van der Waals surface area contributed by atoms with Crippen molar-refractivity contribution in [2.75, 3.05) is 12.4 Å². The molecule has 0 aliphatic rings. The molecule has 2 heterocycles. The smallest absolute Gasteiger partial charge is 0.341 e. The highest BCUT2D eigenvalue weighted by Crippen LogP contribution is 2.36. The Labute approximate surface area is 135 Å². The number of hydrogen-bond donors (Lipinski definition) is 1. The molecular weight excluding hydrogens is 318 g/mol. The lowest BCUT2D eigenvalue weighted by molar-refractivity contribution is -0.115. The van der Waals surface area contributed by atoms with Crippen molar-refractivity contribution in [3.63, 3.8) is 0 Å². The van der Waals surface area contributed by atoms with Crippen LogP contribution in [0.5, 0.6) is 0 Å². The molecule has 0 bridgehead atoms. The zero-order chi connectivity index (χ0) is 15.5. The lowest BCUT2D eigenvalue weighted by Crippen LogP contribution is -2.15. The second-order valence-electron chi connectivity index (χ2n) is 4.60. The van der Waals surface area contributed by atoms with Crippen molar-refractivity contribution in [3.8, 4) is 0 Å². The fraction of sp³-hybridized carbons (Fsp3) is 0.125. The van der Waals surface area contributed by atoms with Crippen molar-refractivity contribution in [2.45, 2.75) is 6.42 Å². The maximum absolute atomic E-state index is 12.2. The maximum Gasteiger partial charge on any atom is 0.341 e. The van der Waals surface area contributed by atoms with E-state index < -0.39 is 5.97 Å². The van der Waals surface area contributed by atoms with E-state index >= 15 is 0 Å². The van der Waals surface area contributed by atoms with Crippen LogP contribution in [0.4, 0.5) is 5.00 Å². The summed E-state index contributed by atoms with van der Waals surface area (Å²) in [5.41, 5.74) is 0.419. The lowest BCUT2D eigenvalue weighted by atomic mass is 10.1. The minimum atomic E-state index is -0.441. The quantitative estimate of drug-likeness (QED) is 0.737. The molecular formula is C16H13NO3S2. The fourth-order valence-corrected chi connectivity index (χ4v) is 3.99. The summed E-state index contributed by atoms with van der Waals surface area (Å²) in [5.74, 6) is -0.581.